The summed E-state index contributed by atoms with van der Waals surface area (Å²) < 4.78 is 24.4. The average Bonchev–Trinajstić information content (AvgIpc) is 3.58. The first kappa shape index (κ1) is 34.1. The minimum atomic E-state index is -0.870. The van der Waals surface area contributed by atoms with Crippen LogP contribution in [0.1, 0.15) is 54.9 Å². The van der Waals surface area contributed by atoms with Gasteiger partial charge < -0.3 is 29.1 Å². The maximum atomic E-state index is 12.3. The number of oxazole rings is 1. The van der Waals surface area contributed by atoms with E-state index in [9.17, 15) is 14.7 Å². The second-order valence-electron chi connectivity index (χ2n) is 11.8. The van der Waals surface area contributed by atoms with Crippen molar-refractivity contribution >= 4 is 23.6 Å². The van der Waals surface area contributed by atoms with E-state index in [4.69, 9.17) is 23.6 Å². The lowest BCUT2D eigenvalue weighted by Gasteiger charge is -2.36. The summed E-state index contributed by atoms with van der Waals surface area (Å²) in [5.74, 6) is 0.428. The number of amides is 1. The van der Waals surface area contributed by atoms with E-state index >= 15 is 0 Å². The number of benzene rings is 4. The van der Waals surface area contributed by atoms with Crippen molar-refractivity contribution in [1.82, 2.24) is 10.3 Å². The minimum absolute atomic E-state index is 0.0294. The molecule has 10 heteroatoms. The molecular formula is C39H38N2O7S. The third-order valence-corrected chi connectivity index (χ3v) is 9.09. The molecule has 0 saturated carbocycles. The number of carbonyl (C=O) groups excluding carboxylic acids is 2. The first-order valence-electron chi connectivity index (χ1n) is 16.1. The molecule has 4 atom stereocenters. The Kier molecular flexibility index (Phi) is 11.2. The molecule has 0 spiro atoms. The van der Waals surface area contributed by atoms with Crippen LogP contribution in [0.5, 0.6) is 0 Å². The highest BCUT2D eigenvalue weighted by molar-refractivity contribution is 7.99. The maximum absolute atomic E-state index is 12.3. The van der Waals surface area contributed by atoms with E-state index in [0.717, 1.165) is 44.8 Å². The van der Waals surface area contributed by atoms with E-state index in [1.807, 2.05) is 109 Å². The number of carbonyl (C=O) groups is 2. The van der Waals surface area contributed by atoms with Gasteiger partial charge in [0.2, 0.25) is 0 Å². The number of esters is 1. The van der Waals surface area contributed by atoms with Gasteiger partial charge in [0.1, 0.15) is 5.69 Å². The molecule has 2 heterocycles. The van der Waals surface area contributed by atoms with Gasteiger partial charge in [-0.05, 0) is 23.6 Å². The van der Waals surface area contributed by atoms with Gasteiger partial charge in [0.05, 0.1) is 18.8 Å². The Morgan fingerprint density at radius 1 is 0.878 bits per heavy atom. The van der Waals surface area contributed by atoms with Crippen LogP contribution in [0.3, 0.4) is 0 Å². The molecule has 9 nitrogen and oxygen atoms in total. The molecule has 0 unspecified atom stereocenters. The molecule has 1 saturated heterocycles. The summed E-state index contributed by atoms with van der Waals surface area (Å²) in [6.45, 7) is 3.06. The second kappa shape index (κ2) is 16.1. The highest BCUT2D eigenvalue weighted by Gasteiger charge is 2.33. The number of hydrogen-bond donors (Lipinski definition) is 2. The Bertz CT molecular complexity index is 1770. The first-order chi connectivity index (χ1) is 23.9. The standard InChI is InChI=1S/C39H38N2O7S/c1-25(45-26(2)43)37(44)40-22-27-13-19-32(20-14-27)38-46-33(21-34(47-38)29-17-15-28(23-42)16-18-29)24-49-39-41-35(30-9-5-3-6-10-30)36(48-39)31-11-7-4-8-12-31/h3-20,25,33-34,38,42H,21-24H2,1-2H3,(H,40,44)/t25-,33-,34+,38+/m0/s1. The van der Waals surface area contributed by atoms with Gasteiger partial charge in [0.15, 0.2) is 18.2 Å². The Morgan fingerprint density at radius 2 is 1.51 bits per heavy atom. The van der Waals surface area contributed by atoms with Gasteiger partial charge in [-0.25, -0.2) is 4.98 Å². The number of ether oxygens (including phenoxy) is 3. The molecule has 1 aliphatic rings. The minimum Gasteiger partial charge on any atom is -0.453 e. The van der Waals surface area contributed by atoms with E-state index in [0.29, 0.717) is 17.4 Å². The van der Waals surface area contributed by atoms with Crippen LogP contribution in [-0.2, 0) is 37.0 Å². The summed E-state index contributed by atoms with van der Waals surface area (Å²) in [4.78, 5) is 28.4. The zero-order chi connectivity index (χ0) is 34.2. The molecule has 4 aromatic carbocycles. The number of rotatable bonds is 12. The zero-order valence-electron chi connectivity index (χ0n) is 27.3. The Hall–Kier alpha value is -4.74. The number of aliphatic hydroxyl groups excluding tert-OH is 1. The molecule has 2 N–H and O–H groups in total. The van der Waals surface area contributed by atoms with Crippen LogP contribution < -0.4 is 5.32 Å². The Labute approximate surface area is 289 Å². The predicted octanol–water partition coefficient (Wildman–Crippen LogP) is 7.41. The van der Waals surface area contributed by atoms with Crippen LogP contribution >= 0.6 is 11.8 Å². The van der Waals surface area contributed by atoms with Crippen LogP contribution in [0.25, 0.3) is 22.6 Å². The fraction of sp³-hybridized carbons (Fsp3) is 0.256. The summed E-state index contributed by atoms with van der Waals surface area (Å²) in [6, 6.07) is 35.4. The third-order valence-electron chi connectivity index (χ3n) is 8.13. The molecule has 0 aliphatic carbocycles. The molecule has 49 heavy (non-hydrogen) atoms. The van der Waals surface area contributed by atoms with E-state index in [-0.39, 0.29) is 31.3 Å². The summed E-state index contributed by atoms with van der Waals surface area (Å²) in [5, 5.41) is 12.9. The van der Waals surface area contributed by atoms with Crippen molar-refractivity contribution in [2.75, 3.05) is 5.75 Å². The predicted molar refractivity (Wildman–Crippen MR) is 186 cm³/mol. The van der Waals surface area contributed by atoms with E-state index in [1.165, 1.54) is 25.6 Å². The van der Waals surface area contributed by atoms with Crippen molar-refractivity contribution in [2.24, 2.45) is 0 Å². The summed E-state index contributed by atoms with van der Waals surface area (Å²) >= 11 is 1.51. The Balaban J connectivity index is 1.18. The number of thioether (sulfide) groups is 1. The molecule has 5 aromatic rings. The van der Waals surface area contributed by atoms with Crippen LogP contribution in [-0.4, -0.2) is 39.9 Å². The topological polar surface area (TPSA) is 120 Å². The van der Waals surface area contributed by atoms with Gasteiger partial charge in [-0.1, -0.05) is 121 Å². The molecule has 252 valence electrons. The van der Waals surface area contributed by atoms with Gasteiger partial charge in [-0.3, -0.25) is 9.59 Å². The van der Waals surface area contributed by atoms with Crippen molar-refractivity contribution in [3.05, 3.63) is 131 Å². The molecular weight excluding hydrogens is 641 g/mol. The lowest BCUT2D eigenvalue weighted by molar-refractivity contribution is -0.245. The smallest absolute Gasteiger partial charge is 0.303 e. The van der Waals surface area contributed by atoms with Crippen molar-refractivity contribution in [2.45, 2.75) is 63.2 Å². The maximum Gasteiger partial charge on any atom is 0.303 e. The molecule has 1 aromatic heterocycles. The van der Waals surface area contributed by atoms with Gasteiger partial charge in [-0.15, -0.1) is 0 Å². The van der Waals surface area contributed by atoms with E-state index < -0.39 is 18.4 Å². The SMILES string of the molecule is CC(=O)O[C@@H](C)C(=O)NCc1ccc([C@@H]2O[C@H](CSc3nc(-c4ccccc4)c(-c4ccccc4)o3)C[C@H](c3ccc(CO)cc3)O2)cc1. The first-order valence-corrected chi connectivity index (χ1v) is 17.1. The Morgan fingerprint density at radius 3 is 2.16 bits per heavy atom. The van der Waals surface area contributed by atoms with Crippen molar-refractivity contribution in [3.8, 4) is 22.6 Å². The number of hydrogen-bond acceptors (Lipinski definition) is 9. The van der Waals surface area contributed by atoms with Crippen LogP contribution in [0.15, 0.2) is 119 Å². The summed E-state index contributed by atoms with van der Waals surface area (Å²) in [6.07, 6.45) is -1.34. The average molecular weight is 679 g/mol. The molecule has 6 rings (SSSR count). The summed E-state index contributed by atoms with van der Waals surface area (Å²) in [5.41, 5.74) is 6.26. The number of nitrogens with one attached hydrogen (secondary N) is 1. The van der Waals surface area contributed by atoms with E-state index in [2.05, 4.69) is 5.32 Å². The third kappa shape index (κ3) is 8.84. The fourth-order valence-corrected chi connectivity index (χ4v) is 6.40. The van der Waals surface area contributed by atoms with Gasteiger partial charge in [0, 0.05) is 42.3 Å². The summed E-state index contributed by atoms with van der Waals surface area (Å²) in [7, 11) is 0. The van der Waals surface area contributed by atoms with Crippen molar-refractivity contribution in [1.29, 1.82) is 0 Å². The van der Waals surface area contributed by atoms with E-state index in [1.54, 1.807) is 0 Å². The van der Waals surface area contributed by atoms with Crippen molar-refractivity contribution in [3.63, 3.8) is 0 Å². The molecule has 1 amide bonds. The lowest BCUT2D eigenvalue weighted by atomic mass is 10.0. The normalized spacial score (nSPS) is 18.1. The van der Waals surface area contributed by atoms with Crippen molar-refractivity contribution < 1.29 is 33.3 Å². The molecule has 0 bridgehead atoms. The van der Waals surface area contributed by atoms with Crippen LogP contribution in [0.2, 0.25) is 0 Å². The highest BCUT2D eigenvalue weighted by atomic mass is 32.2. The quantitative estimate of drug-likeness (QED) is 0.103. The molecule has 1 fully saturated rings. The zero-order valence-corrected chi connectivity index (χ0v) is 28.1. The number of aromatic nitrogens is 1. The molecule has 0 radical (unpaired) electrons. The second-order valence-corrected chi connectivity index (χ2v) is 12.7. The highest BCUT2D eigenvalue weighted by Crippen LogP contribution is 2.41. The number of nitrogens with zero attached hydrogens (tertiary/aromatic N) is 1. The van der Waals surface area contributed by atoms with Crippen LogP contribution in [0, 0.1) is 0 Å². The number of aliphatic hydroxyl groups is 1. The largest absolute Gasteiger partial charge is 0.453 e. The molecule has 1 aliphatic heterocycles. The monoisotopic (exact) mass is 678 g/mol. The van der Waals surface area contributed by atoms with Crippen LogP contribution in [0.4, 0.5) is 0 Å². The van der Waals surface area contributed by atoms with Gasteiger partial charge in [-0.2, -0.15) is 0 Å². The fourth-order valence-electron chi connectivity index (χ4n) is 5.55. The van der Waals surface area contributed by atoms with Gasteiger partial charge in [0.25, 0.3) is 11.1 Å². The lowest BCUT2D eigenvalue weighted by Crippen LogP contribution is -2.35. The van der Waals surface area contributed by atoms with Gasteiger partial charge >= 0.3 is 5.97 Å².